The Hall–Kier alpha value is -2.76. The third kappa shape index (κ3) is 5.94. The van der Waals surface area contributed by atoms with E-state index in [2.05, 4.69) is 208 Å². The molecule has 4 heteroatoms. The van der Waals surface area contributed by atoms with E-state index in [0.717, 1.165) is 17.9 Å². The summed E-state index contributed by atoms with van der Waals surface area (Å²) in [6.45, 7) is 11.1. The first-order valence-electron chi connectivity index (χ1n) is 15.8. The van der Waals surface area contributed by atoms with E-state index in [1.807, 2.05) is 0 Å². The highest BCUT2D eigenvalue weighted by molar-refractivity contribution is 9.11. The van der Waals surface area contributed by atoms with Crippen LogP contribution in [0, 0.1) is 27.7 Å². The molecule has 0 atom stereocenters. The molecule has 0 nitrogen and oxygen atoms in total. The van der Waals surface area contributed by atoms with Gasteiger partial charge in [0.25, 0.3) is 0 Å². The van der Waals surface area contributed by atoms with E-state index in [1.54, 1.807) is 0 Å². The van der Waals surface area contributed by atoms with E-state index < -0.39 is 0 Å². The van der Waals surface area contributed by atoms with E-state index in [1.165, 1.54) is 77.9 Å². The second kappa shape index (κ2) is 12.6. The molecule has 47 heavy (non-hydrogen) atoms. The molecular formula is C43H34Br4. The fraction of sp³-hybridized carbons (Fsp3) is 0.163. The van der Waals surface area contributed by atoms with E-state index in [9.17, 15) is 0 Å². The SMILES string of the molecule is Cc1cc(C)cc(C2(C)c3cc(Br)ccc3-c3ccc(Br)cc32)c1.Cc1cc(C)cc(C2c3cc(Br)ccc3-c3ccc(Br)cc32)c1. The van der Waals surface area contributed by atoms with Gasteiger partial charge in [0.05, 0.1) is 0 Å². The highest BCUT2D eigenvalue weighted by Gasteiger charge is 2.41. The lowest BCUT2D eigenvalue weighted by molar-refractivity contribution is 0.711. The van der Waals surface area contributed by atoms with E-state index in [0.29, 0.717) is 5.92 Å². The van der Waals surface area contributed by atoms with Crippen LogP contribution in [-0.4, -0.2) is 0 Å². The van der Waals surface area contributed by atoms with Crippen molar-refractivity contribution in [3.8, 4) is 22.3 Å². The molecule has 6 aromatic carbocycles. The molecule has 0 spiro atoms. The predicted octanol–water partition coefficient (Wildman–Crippen LogP) is 14.2. The third-order valence-corrected chi connectivity index (χ3v) is 11.6. The molecule has 0 unspecified atom stereocenters. The Balaban J connectivity index is 0.000000150. The van der Waals surface area contributed by atoms with Crippen molar-refractivity contribution in [1.29, 1.82) is 0 Å². The van der Waals surface area contributed by atoms with Gasteiger partial charge in [0.15, 0.2) is 0 Å². The summed E-state index contributed by atoms with van der Waals surface area (Å²) in [5, 5.41) is 0. The fourth-order valence-corrected chi connectivity index (χ4v) is 9.27. The van der Waals surface area contributed by atoms with Crippen LogP contribution in [0.2, 0.25) is 0 Å². The number of hydrogen-bond acceptors (Lipinski definition) is 0. The normalized spacial score (nSPS) is 13.7. The van der Waals surface area contributed by atoms with Gasteiger partial charge in [0, 0.05) is 29.2 Å². The van der Waals surface area contributed by atoms with Crippen LogP contribution in [0.4, 0.5) is 0 Å². The molecule has 2 aliphatic rings. The van der Waals surface area contributed by atoms with Crippen molar-refractivity contribution in [2.75, 3.05) is 0 Å². The van der Waals surface area contributed by atoms with Gasteiger partial charge in [-0.05, 0) is 139 Å². The summed E-state index contributed by atoms with van der Waals surface area (Å²) in [6, 6.07) is 40.3. The van der Waals surface area contributed by atoms with E-state index in [-0.39, 0.29) is 5.41 Å². The van der Waals surface area contributed by atoms with Gasteiger partial charge >= 0.3 is 0 Å². The Bertz CT molecular complexity index is 2070. The molecule has 0 radical (unpaired) electrons. The minimum atomic E-state index is -0.144. The summed E-state index contributed by atoms with van der Waals surface area (Å²) in [4.78, 5) is 0. The Labute approximate surface area is 312 Å². The van der Waals surface area contributed by atoms with Crippen molar-refractivity contribution in [2.45, 2.75) is 46.0 Å². The Kier molecular flexibility index (Phi) is 8.79. The maximum atomic E-state index is 3.67. The maximum absolute atomic E-state index is 3.67. The lowest BCUT2D eigenvalue weighted by Crippen LogP contribution is -2.22. The minimum absolute atomic E-state index is 0.144. The molecule has 0 aliphatic heterocycles. The van der Waals surface area contributed by atoms with Crippen molar-refractivity contribution in [2.24, 2.45) is 0 Å². The molecule has 0 N–H and O–H groups in total. The standard InChI is InChI=1S/C22H18Br2.C21H16Br2/c1-13-8-14(2)10-15(9-13)22(3)20-11-16(23)4-6-18(20)19-7-5-17(24)12-21(19)22;1-12-7-13(2)9-14(8-12)21-19-10-15(22)3-5-17(19)18-6-4-16(23)11-20(18)21/h4-12H,1-3H3;3-11,21H,1-2H3. The van der Waals surface area contributed by atoms with Crippen LogP contribution in [-0.2, 0) is 5.41 Å². The van der Waals surface area contributed by atoms with Crippen molar-refractivity contribution in [3.63, 3.8) is 0 Å². The molecule has 2 aliphatic carbocycles. The topological polar surface area (TPSA) is 0 Å². The molecular weight excluding hydrogens is 836 g/mol. The van der Waals surface area contributed by atoms with Gasteiger partial charge in [0.2, 0.25) is 0 Å². The lowest BCUT2D eigenvalue weighted by Gasteiger charge is -2.29. The van der Waals surface area contributed by atoms with Crippen LogP contribution in [0.25, 0.3) is 22.3 Å². The van der Waals surface area contributed by atoms with Crippen LogP contribution >= 0.6 is 63.7 Å². The molecule has 0 bridgehead atoms. The molecule has 234 valence electrons. The number of fused-ring (bicyclic) bond motifs is 6. The first-order valence-corrected chi connectivity index (χ1v) is 19.0. The molecule has 0 saturated carbocycles. The average molecular weight is 870 g/mol. The predicted molar refractivity (Wildman–Crippen MR) is 213 cm³/mol. The van der Waals surface area contributed by atoms with E-state index >= 15 is 0 Å². The van der Waals surface area contributed by atoms with Crippen LogP contribution in [0.3, 0.4) is 0 Å². The first-order chi connectivity index (χ1) is 22.4. The highest BCUT2D eigenvalue weighted by Crippen LogP contribution is 2.54. The van der Waals surface area contributed by atoms with Crippen LogP contribution in [0.15, 0.2) is 127 Å². The molecule has 0 heterocycles. The van der Waals surface area contributed by atoms with Gasteiger partial charge in [-0.25, -0.2) is 0 Å². The maximum Gasteiger partial charge on any atom is 0.0436 e. The van der Waals surface area contributed by atoms with E-state index in [4.69, 9.17) is 0 Å². The number of aryl methyl sites for hydroxylation is 4. The van der Waals surface area contributed by atoms with Crippen LogP contribution in [0.1, 0.15) is 68.5 Å². The van der Waals surface area contributed by atoms with Gasteiger partial charge in [0.1, 0.15) is 0 Å². The minimum Gasteiger partial charge on any atom is -0.0564 e. The number of benzene rings is 6. The zero-order valence-corrected chi connectivity index (χ0v) is 33.3. The van der Waals surface area contributed by atoms with Crippen molar-refractivity contribution in [1.82, 2.24) is 0 Å². The smallest absolute Gasteiger partial charge is 0.0436 e. The zero-order valence-electron chi connectivity index (χ0n) is 27.0. The van der Waals surface area contributed by atoms with Gasteiger partial charge < -0.3 is 0 Å². The summed E-state index contributed by atoms with van der Waals surface area (Å²) in [6.07, 6.45) is 0. The Morgan fingerprint density at radius 2 is 0.787 bits per heavy atom. The molecule has 0 saturated heterocycles. The number of hydrogen-bond donors (Lipinski definition) is 0. The quantitative estimate of drug-likeness (QED) is 0.162. The summed E-state index contributed by atoms with van der Waals surface area (Å²) in [5.74, 6) is 0.300. The zero-order chi connectivity index (χ0) is 33.2. The van der Waals surface area contributed by atoms with Crippen molar-refractivity contribution in [3.05, 3.63) is 183 Å². The summed E-state index contributed by atoms with van der Waals surface area (Å²) in [7, 11) is 0. The molecule has 0 aromatic heterocycles. The molecule has 8 rings (SSSR count). The summed E-state index contributed by atoms with van der Waals surface area (Å²) in [5.41, 5.74) is 18.7. The first kappa shape index (κ1) is 32.8. The monoisotopic (exact) mass is 866 g/mol. The van der Waals surface area contributed by atoms with Gasteiger partial charge in [-0.2, -0.15) is 0 Å². The van der Waals surface area contributed by atoms with Gasteiger partial charge in [-0.3, -0.25) is 0 Å². The average Bonchev–Trinajstić information content (AvgIpc) is 3.45. The second-order valence-corrected chi connectivity index (χ2v) is 16.9. The van der Waals surface area contributed by atoms with Crippen LogP contribution < -0.4 is 0 Å². The third-order valence-electron chi connectivity index (χ3n) is 9.65. The largest absolute Gasteiger partial charge is 0.0564 e. The molecule has 6 aromatic rings. The Morgan fingerprint density at radius 3 is 1.21 bits per heavy atom. The van der Waals surface area contributed by atoms with Crippen LogP contribution in [0.5, 0.6) is 0 Å². The second-order valence-electron chi connectivity index (χ2n) is 13.2. The number of rotatable bonds is 2. The molecule has 0 fully saturated rings. The fourth-order valence-electron chi connectivity index (χ4n) is 7.79. The van der Waals surface area contributed by atoms with Gasteiger partial charge in [-0.15, -0.1) is 0 Å². The highest BCUT2D eigenvalue weighted by atomic mass is 79.9. The van der Waals surface area contributed by atoms with Crippen molar-refractivity contribution < 1.29 is 0 Å². The molecule has 0 amide bonds. The summed E-state index contributed by atoms with van der Waals surface area (Å²) < 4.78 is 4.53. The van der Waals surface area contributed by atoms with Crippen molar-refractivity contribution >= 4 is 63.7 Å². The van der Waals surface area contributed by atoms with Gasteiger partial charge in [-0.1, -0.05) is 147 Å². The Morgan fingerprint density at radius 1 is 0.426 bits per heavy atom. The number of halogens is 4. The summed E-state index contributed by atoms with van der Waals surface area (Å²) >= 11 is 14.6. The lowest BCUT2D eigenvalue weighted by atomic mass is 9.73.